The monoisotopic (exact) mass is 637 g/mol. The van der Waals surface area contributed by atoms with E-state index < -0.39 is 34.1 Å². The van der Waals surface area contributed by atoms with Crippen LogP contribution in [0.15, 0.2) is 71.6 Å². The van der Waals surface area contributed by atoms with Gasteiger partial charge in [0.05, 0.1) is 15.6 Å². The predicted octanol–water partition coefficient (Wildman–Crippen LogP) is 6.87. The molecule has 1 atom stereocenters. The first-order valence-corrected chi connectivity index (χ1v) is 15.6. The van der Waals surface area contributed by atoms with E-state index in [1.807, 2.05) is 27.7 Å². The van der Waals surface area contributed by atoms with Gasteiger partial charge in [-0.3, -0.25) is 13.9 Å². The molecule has 0 spiro atoms. The molecule has 0 unspecified atom stereocenters. The molecule has 41 heavy (non-hydrogen) atoms. The second kappa shape index (κ2) is 13.5. The van der Waals surface area contributed by atoms with Crippen LogP contribution in [0.25, 0.3) is 0 Å². The van der Waals surface area contributed by atoms with Crippen LogP contribution < -0.4 is 9.62 Å². The maximum Gasteiger partial charge on any atom is 0.264 e. The fraction of sp³-hybridized carbons (Fsp3) is 0.333. The number of para-hydroxylation sites is 1. The van der Waals surface area contributed by atoms with Crippen LogP contribution in [0.2, 0.25) is 15.1 Å². The first-order valence-electron chi connectivity index (χ1n) is 13.0. The Morgan fingerprint density at radius 2 is 1.56 bits per heavy atom. The van der Waals surface area contributed by atoms with E-state index in [0.29, 0.717) is 15.6 Å². The molecule has 220 valence electrons. The van der Waals surface area contributed by atoms with E-state index in [1.165, 1.54) is 23.1 Å². The van der Waals surface area contributed by atoms with Gasteiger partial charge in [0.25, 0.3) is 10.0 Å². The first-order chi connectivity index (χ1) is 19.1. The normalized spacial score (nSPS) is 12.5. The van der Waals surface area contributed by atoms with E-state index in [1.54, 1.807) is 55.5 Å². The second-order valence-corrected chi connectivity index (χ2v) is 13.8. The van der Waals surface area contributed by atoms with Gasteiger partial charge in [0.15, 0.2) is 0 Å². The van der Waals surface area contributed by atoms with Crippen LogP contribution in [-0.2, 0) is 26.2 Å². The molecule has 3 aromatic rings. The summed E-state index contributed by atoms with van der Waals surface area (Å²) in [5.74, 6) is -0.980. The van der Waals surface area contributed by atoms with Gasteiger partial charge in [-0.1, -0.05) is 77.6 Å². The third kappa shape index (κ3) is 8.38. The molecule has 0 bridgehead atoms. The lowest BCUT2D eigenvalue weighted by Crippen LogP contribution is -2.55. The summed E-state index contributed by atoms with van der Waals surface area (Å²) in [6.45, 7) is 8.49. The number of amides is 2. The molecule has 0 aromatic heterocycles. The topological polar surface area (TPSA) is 86.8 Å². The van der Waals surface area contributed by atoms with Crippen LogP contribution >= 0.6 is 34.8 Å². The van der Waals surface area contributed by atoms with Crippen molar-refractivity contribution in [3.63, 3.8) is 0 Å². The van der Waals surface area contributed by atoms with Crippen molar-refractivity contribution < 1.29 is 18.0 Å². The van der Waals surface area contributed by atoms with Crippen LogP contribution in [0.4, 0.5) is 5.69 Å². The summed E-state index contributed by atoms with van der Waals surface area (Å²) < 4.78 is 28.9. The van der Waals surface area contributed by atoms with Gasteiger partial charge in [-0.15, -0.1) is 0 Å². The van der Waals surface area contributed by atoms with Crippen LogP contribution in [0, 0.1) is 6.92 Å². The lowest BCUT2D eigenvalue weighted by atomic mass is 10.1. The van der Waals surface area contributed by atoms with Crippen LogP contribution in [0.5, 0.6) is 0 Å². The SMILES string of the molecule is CC[C@H](C(=O)NC(C)(C)C)N(Cc1ccc(Cl)cc1Cl)C(=O)CN(c1ccccc1Cl)S(=O)(=O)c1ccc(C)cc1. The number of hydrogen-bond acceptors (Lipinski definition) is 4. The summed E-state index contributed by atoms with van der Waals surface area (Å²) in [6, 6.07) is 16.7. The zero-order chi connectivity index (χ0) is 30.5. The number of carbonyl (C=O) groups is 2. The molecule has 1 N–H and O–H groups in total. The maximum atomic E-state index is 14.2. The van der Waals surface area contributed by atoms with Gasteiger partial charge in [-0.05, 0) is 76.1 Å². The molecule has 7 nitrogen and oxygen atoms in total. The van der Waals surface area contributed by atoms with Crippen molar-refractivity contribution >= 4 is 62.3 Å². The molecule has 0 heterocycles. The van der Waals surface area contributed by atoms with Gasteiger partial charge in [0, 0.05) is 22.1 Å². The summed E-state index contributed by atoms with van der Waals surface area (Å²) >= 11 is 19.0. The van der Waals surface area contributed by atoms with E-state index >= 15 is 0 Å². The van der Waals surface area contributed by atoms with Crippen molar-refractivity contribution in [2.75, 3.05) is 10.8 Å². The Morgan fingerprint density at radius 3 is 2.12 bits per heavy atom. The number of nitrogens with one attached hydrogen (secondary N) is 1. The molecular formula is C30H34Cl3N3O4S. The fourth-order valence-corrected chi connectivity index (χ4v) is 6.40. The Hall–Kier alpha value is -2.78. The molecule has 11 heteroatoms. The van der Waals surface area contributed by atoms with Crippen molar-refractivity contribution in [2.24, 2.45) is 0 Å². The highest BCUT2D eigenvalue weighted by Crippen LogP contribution is 2.31. The molecule has 0 saturated carbocycles. The average molecular weight is 639 g/mol. The van der Waals surface area contributed by atoms with Crippen LogP contribution in [0.1, 0.15) is 45.2 Å². The molecule has 0 saturated heterocycles. The molecule has 3 rings (SSSR count). The third-order valence-corrected chi connectivity index (χ3v) is 8.93. The maximum absolute atomic E-state index is 14.2. The number of hydrogen-bond donors (Lipinski definition) is 1. The van der Waals surface area contributed by atoms with Gasteiger partial charge in [0.2, 0.25) is 11.8 Å². The number of aryl methyl sites for hydroxylation is 1. The Morgan fingerprint density at radius 1 is 0.927 bits per heavy atom. The first kappa shape index (κ1) is 32.7. The molecule has 0 radical (unpaired) electrons. The zero-order valence-electron chi connectivity index (χ0n) is 23.6. The van der Waals surface area contributed by atoms with E-state index in [9.17, 15) is 18.0 Å². The molecule has 0 aliphatic heterocycles. The van der Waals surface area contributed by atoms with E-state index in [2.05, 4.69) is 5.32 Å². The van der Waals surface area contributed by atoms with Crippen LogP contribution in [0.3, 0.4) is 0 Å². The van der Waals surface area contributed by atoms with Crippen molar-refractivity contribution in [1.29, 1.82) is 0 Å². The molecular weight excluding hydrogens is 605 g/mol. The number of sulfonamides is 1. The highest BCUT2D eigenvalue weighted by Gasteiger charge is 2.35. The smallest absolute Gasteiger partial charge is 0.264 e. The van der Waals surface area contributed by atoms with Crippen molar-refractivity contribution in [1.82, 2.24) is 10.2 Å². The minimum absolute atomic E-state index is 0.000586. The van der Waals surface area contributed by atoms with E-state index in [0.717, 1.165) is 9.87 Å². The van der Waals surface area contributed by atoms with Crippen molar-refractivity contribution in [3.8, 4) is 0 Å². The summed E-state index contributed by atoms with van der Waals surface area (Å²) in [4.78, 5) is 28.9. The van der Waals surface area contributed by atoms with Gasteiger partial charge < -0.3 is 10.2 Å². The Labute approximate surface area is 257 Å². The van der Waals surface area contributed by atoms with Gasteiger partial charge in [-0.2, -0.15) is 0 Å². The summed E-state index contributed by atoms with van der Waals surface area (Å²) in [5, 5.41) is 3.82. The van der Waals surface area contributed by atoms with Crippen molar-refractivity contribution in [3.05, 3.63) is 92.9 Å². The number of benzene rings is 3. The molecule has 0 aliphatic rings. The number of nitrogens with zero attached hydrogens (tertiary/aromatic N) is 2. The average Bonchev–Trinajstić information content (AvgIpc) is 2.88. The standard InChI is InChI=1S/C30H34Cl3N3O4S/c1-6-26(29(38)34-30(3,4)5)35(18-21-13-14-22(31)17-25(21)33)28(37)19-36(27-10-8-7-9-24(27)32)41(39,40)23-15-11-20(2)12-16-23/h7-17,26H,6,18-19H2,1-5H3,(H,34,38)/t26-/m1/s1. The zero-order valence-corrected chi connectivity index (χ0v) is 26.7. The Balaban J connectivity index is 2.11. The summed E-state index contributed by atoms with van der Waals surface area (Å²) in [5.41, 5.74) is 1.01. The van der Waals surface area contributed by atoms with Gasteiger partial charge in [0.1, 0.15) is 12.6 Å². The number of rotatable bonds is 10. The molecule has 0 aliphatic carbocycles. The fourth-order valence-electron chi connectivity index (χ4n) is 4.21. The predicted molar refractivity (Wildman–Crippen MR) is 166 cm³/mol. The molecule has 3 aromatic carbocycles. The number of anilines is 1. The lowest BCUT2D eigenvalue weighted by Gasteiger charge is -2.35. The Kier molecular flexibility index (Phi) is 10.7. The van der Waals surface area contributed by atoms with E-state index in [-0.39, 0.29) is 34.5 Å². The highest BCUT2D eigenvalue weighted by atomic mass is 35.5. The molecule has 2 amide bonds. The lowest BCUT2D eigenvalue weighted by molar-refractivity contribution is -0.141. The Bertz CT molecular complexity index is 1510. The minimum atomic E-state index is -4.23. The van der Waals surface area contributed by atoms with Crippen molar-refractivity contribution in [2.45, 2.75) is 64.1 Å². The summed E-state index contributed by atoms with van der Waals surface area (Å²) in [6.07, 6.45) is 0.273. The summed E-state index contributed by atoms with van der Waals surface area (Å²) in [7, 11) is -4.23. The van der Waals surface area contributed by atoms with Gasteiger partial charge >= 0.3 is 0 Å². The quantitative estimate of drug-likeness (QED) is 0.263. The third-order valence-electron chi connectivity index (χ3n) is 6.25. The van der Waals surface area contributed by atoms with E-state index in [4.69, 9.17) is 34.8 Å². The van der Waals surface area contributed by atoms with Crippen LogP contribution in [-0.4, -0.2) is 43.3 Å². The highest BCUT2D eigenvalue weighted by molar-refractivity contribution is 7.92. The number of halogens is 3. The van der Waals surface area contributed by atoms with Gasteiger partial charge in [-0.25, -0.2) is 8.42 Å². The second-order valence-electron chi connectivity index (χ2n) is 10.7. The molecule has 0 fully saturated rings. The largest absolute Gasteiger partial charge is 0.350 e. The minimum Gasteiger partial charge on any atom is -0.350 e. The number of carbonyl (C=O) groups excluding carboxylic acids is 2.